The standard InChI is InChI=1S/C12H15NO2S/c1-13(10-3-4-10)7-11-6-9(8-16-11)2-5-12(14)15/h2,5-6,8,10H,3-4,7H2,1H3,(H,14,15). The van der Waals surface area contributed by atoms with Crippen LogP contribution in [-0.4, -0.2) is 29.1 Å². The molecule has 0 atom stereocenters. The molecule has 3 nitrogen and oxygen atoms in total. The highest BCUT2D eigenvalue weighted by atomic mass is 32.1. The van der Waals surface area contributed by atoms with Crippen LogP contribution in [0.1, 0.15) is 23.3 Å². The molecule has 0 unspecified atom stereocenters. The highest BCUT2D eigenvalue weighted by Crippen LogP contribution is 2.28. The Balaban J connectivity index is 1.93. The molecule has 86 valence electrons. The second-order valence-corrected chi connectivity index (χ2v) is 5.16. The van der Waals surface area contributed by atoms with E-state index in [0.29, 0.717) is 0 Å². The summed E-state index contributed by atoms with van der Waals surface area (Å²) in [5, 5.41) is 10.5. The Morgan fingerprint density at radius 2 is 2.44 bits per heavy atom. The van der Waals surface area contributed by atoms with Crippen LogP contribution in [0.4, 0.5) is 0 Å². The molecule has 1 aromatic rings. The molecule has 0 amide bonds. The van der Waals surface area contributed by atoms with Crippen LogP contribution in [0.2, 0.25) is 0 Å². The van der Waals surface area contributed by atoms with Gasteiger partial charge in [0.05, 0.1) is 0 Å². The van der Waals surface area contributed by atoms with Crippen LogP contribution in [0, 0.1) is 0 Å². The lowest BCUT2D eigenvalue weighted by Crippen LogP contribution is -2.19. The van der Waals surface area contributed by atoms with Crippen molar-refractivity contribution in [3.05, 3.63) is 28.0 Å². The van der Waals surface area contributed by atoms with Crippen molar-refractivity contribution < 1.29 is 9.90 Å². The smallest absolute Gasteiger partial charge is 0.328 e. The molecular weight excluding hydrogens is 222 g/mol. The van der Waals surface area contributed by atoms with Gasteiger partial charge in [-0.3, -0.25) is 4.90 Å². The van der Waals surface area contributed by atoms with E-state index < -0.39 is 5.97 Å². The predicted octanol–water partition coefficient (Wildman–Crippen LogP) is 2.44. The van der Waals surface area contributed by atoms with Crippen LogP contribution < -0.4 is 0 Å². The lowest BCUT2D eigenvalue weighted by molar-refractivity contribution is -0.131. The van der Waals surface area contributed by atoms with Crippen molar-refractivity contribution in [2.24, 2.45) is 0 Å². The van der Waals surface area contributed by atoms with Crippen molar-refractivity contribution in [3.8, 4) is 0 Å². The fraction of sp³-hybridized carbons (Fsp3) is 0.417. The monoisotopic (exact) mass is 237 g/mol. The molecular formula is C12H15NO2S. The summed E-state index contributed by atoms with van der Waals surface area (Å²) in [5.41, 5.74) is 0.978. The molecule has 1 heterocycles. The predicted molar refractivity (Wildman–Crippen MR) is 65.5 cm³/mol. The Labute approximate surface area is 99.0 Å². The molecule has 4 heteroatoms. The van der Waals surface area contributed by atoms with Crippen molar-refractivity contribution in [1.29, 1.82) is 0 Å². The molecule has 0 aromatic carbocycles. The van der Waals surface area contributed by atoms with E-state index in [1.807, 2.05) is 5.38 Å². The first-order chi connectivity index (χ1) is 7.65. The summed E-state index contributed by atoms with van der Waals surface area (Å²) in [5.74, 6) is -0.900. The minimum atomic E-state index is -0.900. The number of nitrogens with zero attached hydrogens (tertiary/aromatic N) is 1. The molecule has 1 fully saturated rings. The maximum atomic E-state index is 10.4. The van der Waals surface area contributed by atoms with Gasteiger partial charge < -0.3 is 5.11 Å². The van der Waals surface area contributed by atoms with Gasteiger partial charge in [-0.15, -0.1) is 11.3 Å². The van der Waals surface area contributed by atoms with E-state index in [0.717, 1.165) is 18.2 Å². The van der Waals surface area contributed by atoms with Crippen molar-refractivity contribution in [2.45, 2.75) is 25.4 Å². The van der Waals surface area contributed by atoms with E-state index in [-0.39, 0.29) is 0 Å². The average molecular weight is 237 g/mol. The zero-order valence-corrected chi connectivity index (χ0v) is 10.0. The Hall–Kier alpha value is -1.13. The second-order valence-electron chi connectivity index (χ2n) is 4.16. The Bertz CT molecular complexity index is 407. The molecule has 0 bridgehead atoms. The topological polar surface area (TPSA) is 40.5 Å². The molecule has 1 N–H and O–H groups in total. The normalized spacial score (nSPS) is 16.1. The zero-order valence-electron chi connectivity index (χ0n) is 9.22. The molecule has 16 heavy (non-hydrogen) atoms. The number of hydrogen-bond donors (Lipinski definition) is 1. The fourth-order valence-electron chi connectivity index (χ4n) is 1.63. The summed E-state index contributed by atoms with van der Waals surface area (Å²) in [4.78, 5) is 14.0. The van der Waals surface area contributed by atoms with E-state index in [2.05, 4.69) is 18.0 Å². The van der Waals surface area contributed by atoms with Gasteiger partial charge in [-0.1, -0.05) is 0 Å². The molecule has 2 rings (SSSR count). The minimum Gasteiger partial charge on any atom is -0.478 e. The van der Waals surface area contributed by atoms with E-state index in [4.69, 9.17) is 5.11 Å². The lowest BCUT2D eigenvalue weighted by atomic mass is 10.3. The highest BCUT2D eigenvalue weighted by Gasteiger charge is 2.25. The molecule has 0 aliphatic heterocycles. The Morgan fingerprint density at radius 1 is 1.69 bits per heavy atom. The average Bonchev–Trinajstić information content (AvgIpc) is 2.98. The number of carboxylic acid groups (broad SMARTS) is 1. The lowest BCUT2D eigenvalue weighted by Gasteiger charge is -2.13. The van der Waals surface area contributed by atoms with Crippen molar-refractivity contribution in [1.82, 2.24) is 4.90 Å². The minimum absolute atomic E-state index is 0.764. The summed E-state index contributed by atoms with van der Waals surface area (Å²) in [6, 6.07) is 2.82. The molecule has 0 saturated heterocycles. The Morgan fingerprint density at radius 3 is 3.06 bits per heavy atom. The first kappa shape index (κ1) is 11.4. The van der Waals surface area contributed by atoms with Gasteiger partial charge in [0.15, 0.2) is 0 Å². The number of carboxylic acids is 1. The summed E-state index contributed by atoms with van der Waals surface area (Å²) in [6.07, 6.45) is 5.44. The van der Waals surface area contributed by atoms with Gasteiger partial charge in [-0.25, -0.2) is 4.79 Å². The maximum absolute atomic E-state index is 10.4. The Kier molecular flexibility index (Phi) is 3.41. The van der Waals surface area contributed by atoms with Crippen LogP contribution in [0.25, 0.3) is 6.08 Å². The summed E-state index contributed by atoms with van der Waals surface area (Å²) >= 11 is 1.69. The fourth-order valence-corrected chi connectivity index (χ4v) is 2.54. The van der Waals surface area contributed by atoms with Gasteiger partial charge in [-0.2, -0.15) is 0 Å². The molecule has 0 radical (unpaired) electrons. The van der Waals surface area contributed by atoms with Crippen LogP contribution in [0.15, 0.2) is 17.5 Å². The van der Waals surface area contributed by atoms with Gasteiger partial charge in [0.2, 0.25) is 0 Å². The SMILES string of the molecule is CN(Cc1cc(C=CC(=O)O)cs1)C1CC1. The number of thiophene rings is 1. The van der Waals surface area contributed by atoms with Crippen molar-refractivity contribution >= 4 is 23.4 Å². The third-order valence-electron chi connectivity index (χ3n) is 2.67. The van der Waals surface area contributed by atoms with E-state index >= 15 is 0 Å². The zero-order chi connectivity index (χ0) is 11.5. The van der Waals surface area contributed by atoms with Crippen LogP contribution in [0.3, 0.4) is 0 Å². The summed E-state index contributed by atoms with van der Waals surface area (Å²) in [7, 11) is 2.14. The second kappa shape index (κ2) is 4.80. The molecule has 1 aromatic heterocycles. The quantitative estimate of drug-likeness (QED) is 0.800. The summed E-state index contributed by atoms with van der Waals surface area (Å²) in [6.45, 7) is 0.968. The van der Waals surface area contributed by atoms with E-state index in [9.17, 15) is 4.79 Å². The molecule has 1 aliphatic carbocycles. The highest BCUT2D eigenvalue weighted by molar-refractivity contribution is 7.10. The van der Waals surface area contributed by atoms with Crippen LogP contribution >= 0.6 is 11.3 Å². The van der Waals surface area contributed by atoms with Gasteiger partial charge >= 0.3 is 5.97 Å². The number of aliphatic carboxylic acids is 1. The van der Waals surface area contributed by atoms with Crippen LogP contribution in [-0.2, 0) is 11.3 Å². The maximum Gasteiger partial charge on any atom is 0.328 e. The van der Waals surface area contributed by atoms with Gasteiger partial charge in [-0.05, 0) is 43.0 Å². The van der Waals surface area contributed by atoms with Gasteiger partial charge in [0, 0.05) is 23.5 Å². The van der Waals surface area contributed by atoms with Gasteiger partial charge in [0.1, 0.15) is 0 Å². The number of rotatable bonds is 5. The number of hydrogen-bond acceptors (Lipinski definition) is 3. The van der Waals surface area contributed by atoms with E-state index in [1.165, 1.54) is 23.8 Å². The first-order valence-electron chi connectivity index (χ1n) is 5.34. The number of carbonyl (C=O) groups is 1. The first-order valence-corrected chi connectivity index (χ1v) is 6.22. The third kappa shape index (κ3) is 3.18. The van der Waals surface area contributed by atoms with E-state index in [1.54, 1.807) is 17.4 Å². The molecule has 1 aliphatic rings. The van der Waals surface area contributed by atoms with Crippen molar-refractivity contribution in [3.63, 3.8) is 0 Å². The molecule has 0 spiro atoms. The largest absolute Gasteiger partial charge is 0.478 e. The third-order valence-corrected chi connectivity index (χ3v) is 3.61. The summed E-state index contributed by atoms with van der Waals surface area (Å²) < 4.78 is 0. The van der Waals surface area contributed by atoms with Gasteiger partial charge in [0.25, 0.3) is 0 Å². The van der Waals surface area contributed by atoms with Crippen molar-refractivity contribution in [2.75, 3.05) is 7.05 Å². The van der Waals surface area contributed by atoms with Crippen LogP contribution in [0.5, 0.6) is 0 Å². The molecule has 1 saturated carbocycles.